The van der Waals surface area contributed by atoms with E-state index in [9.17, 15) is 34.0 Å². The summed E-state index contributed by atoms with van der Waals surface area (Å²) in [5, 5.41) is 24.8. The molecule has 2 aliphatic heterocycles. The minimum absolute atomic E-state index is 0. The van der Waals surface area contributed by atoms with Gasteiger partial charge in [-0.3, -0.25) is 24.3 Å². The number of anilines is 2. The van der Waals surface area contributed by atoms with Crippen LogP contribution in [0.4, 0.5) is 17.1 Å². The molecule has 107 heavy (non-hydrogen) atoms. The zero-order valence-electron chi connectivity index (χ0n) is 66.1. The van der Waals surface area contributed by atoms with Crippen LogP contribution in [0.25, 0.3) is 4.85 Å². The van der Waals surface area contributed by atoms with Gasteiger partial charge in [0.15, 0.2) is 0 Å². The maximum absolute atomic E-state index is 12.1. The molecule has 2 aliphatic rings. The number of likely N-dealkylation sites (tertiary alicyclic amines) is 1. The summed E-state index contributed by atoms with van der Waals surface area (Å²) in [4.78, 5) is 77.3. The normalized spacial score (nSPS) is 12.4. The van der Waals surface area contributed by atoms with Crippen LogP contribution >= 0.6 is 12.4 Å². The lowest BCUT2D eigenvalue weighted by molar-refractivity contribution is -0.156. The fourth-order valence-electron chi connectivity index (χ4n) is 10.7. The molecule has 592 valence electrons. The van der Waals surface area contributed by atoms with Crippen molar-refractivity contribution in [3.8, 4) is 12.1 Å². The minimum atomic E-state index is -0.628. The quantitative estimate of drug-likeness (QED) is 0.00616. The number of aliphatic imine (C=N–C) groups is 1. The van der Waals surface area contributed by atoms with Gasteiger partial charge in [-0.05, 0) is 137 Å². The lowest BCUT2D eigenvalue weighted by Crippen LogP contribution is -2.23. The summed E-state index contributed by atoms with van der Waals surface area (Å²) in [6.07, 6.45) is 60.4. The molecular weight excluding hydrogens is 1360 g/mol. The number of halogens is 1. The van der Waals surface area contributed by atoms with E-state index in [1.807, 2.05) is 109 Å². The van der Waals surface area contributed by atoms with Gasteiger partial charge in [0.2, 0.25) is 5.91 Å². The highest BCUT2D eigenvalue weighted by Gasteiger charge is 2.13. The number of nitrogens with one attached hydrogen (secondary N) is 2. The molecule has 2 saturated heterocycles. The molecule has 0 bridgehead atoms. The summed E-state index contributed by atoms with van der Waals surface area (Å²) >= 11 is 0. The first-order chi connectivity index (χ1) is 51.8. The summed E-state index contributed by atoms with van der Waals surface area (Å²) in [7, 11) is 0. The van der Waals surface area contributed by atoms with Crippen LogP contribution in [-0.4, -0.2) is 99.4 Å². The highest BCUT2D eigenvalue weighted by atomic mass is 35.5. The van der Waals surface area contributed by atoms with Crippen LogP contribution in [0.1, 0.15) is 273 Å². The predicted octanol–water partition coefficient (Wildman–Crippen LogP) is 22.0. The molecule has 5 rings (SSSR count). The standard InChI is InChI=1S/C26H36N2O3.C23H38N2O2.C15H14N2.C15H27NO2.C5H11N.C4H6O3.ClH/c1-3-4-5-6-7-8-9-10-11-15-21-31-26(30)24(22-27)17-16-20-28(23(2)29)25-18-13-12-14-19-25;1-2-3-4-5-6-7-8-9-10-14-20-27-23(26)22(21-24)16-15-19-25-17-12-11-13-18-25;1-3-8-14(9-4-1)16-12-7-13-17-15-10-5-2-6-11-15;1-3-4-5-6-7-8-9-10-11-12-13-18-15(17)14-16-2;1-2-4-6-5-3-1;1-3(5)7-4(2)6;/h12-14,16-20H,3-11,15,21H2,1-2H3;15-16,19H,2-14,17-18,20H2,1H3;1-13,16H;3-14H2,1H3;6H,1-5H2;1-2H3;1H/b20-16+,24-17-;19-15+,22-16-;12-7+,17-13?;;;;. The van der Waals surface area contributed by atoms with E-state index < -0.39 is 23.9 Å². The van der Waals surface area contributed by atoms with Crippen LogP contribution in [0, 0.1) is 29.2 Å². The van der Waals surface area contributed by atoms with Gasteiger partial charge in [0.1, 0.15) is 23.3 Å². The fourth-order valence-corrected chi connectivity index (χ4v) is 10.7. The van der Waals surface area contributed by atoms with Gasteiger partial charge < -0.3 is 39.3 Å². The largest absolute Gasteiger partial charge is 0.462 e. The van der Waals surface area contributed by atoms with E-state index in [0.717, 1.165) is 69.4 Å². The van der Waals surface area contributed by atoms with Crippen molar-refractivity contribution in [1.29, 1.82) is 10.5 Å². The van der Waals surface area contributed by atoms with Crippen molar-refractivity contribution in [3.63, 3.8) is 0 Å². The molecule has 1 amide bonds. The van der Waals surface area contributed by atoms with Crippen LogP contribution in [0.3, 0.4) is 0 Å². The third-order valence-electron chi connectivity index (χ3n) is 16.6. The van der Waals surface area contributed by atoms with E-state index in [4.69, 9.17) is 26.0 Å². The lowest BCUT2D eigenvalue weighted by Gasteiger charge is -2.24. The molecule has 0 atom stereocenters. The smallest absolute Gasteiger partial charge is 0.387 e. The molecule has 0 unspecified atom stereocenters. The van der Waals surface area contributed by atoms with Crippen molar-refractivity contribution in [3.05, 3.63) is 163 Å². The highest BCUT2D eigenvalue weighted by Crippen LogP contribution is 2.17. The van der Waals surface area contributed by atoms with Crippen LogP contribution < -0.4 is 15.5 Å². The SMILES string of the molecule is C(/C=C/Nc1ccccc1)=Nc1ccccc1.C1CCNCC1.CC(=O)OC(C)=O.CCCCCCCCCCCCOC(=O)/C(C#N)=C\C=C\N(C(C)=O)c1ccccc1.CCCCCCCCCCCCOC(=O)/C(C#N)=C\C=C\N1CCCCC1.Cl.[C-]#[N+]CC(=O)OCCCCCCCCCCCC. The van der Waals surface area contributed by atoms with Crippen LogP contribution in [-0.2, 0) is 47.7 Å². The number of piperidine rings is 2. The third kappa shape index (κ3) is 66.5. The molecule has 0 saturated carbocycles. The van der Waals surface area contributed by atoms with Crippen LogP contribution in [0.2, 0.25) is 0 Å². The van der Waals surface area contributed by atoms with Crippen molar-refractivity contribution in [1.82, 2.24) is 10.2 Å². The number of nitrogens with zero attached hydrogens (tertiary/aromatic N) is 6. The van der Waals surface area contributed by atoms with Crippen molar-refractivity contribution in [2.24, 2.45) is 4.99 Å². The maximum Gasteiger partial charge on any atom is 0.387 e. The summed E-state index contributed by atoms with van der Waals surface area (Å²) in [5.74, 6) is -2.81. The number of carbonyl (C=O) groups is 6. The van der Waals surface area contributed by atoms with Gasteiger partial charge in [-0.1, -0.05) is 255 Å². The van der Waals surface area contributed by atoms with Gasteiger partial charge in [-0.15, -0.1) is 12.4 Å². The molecule has 18 nitrogen and oxygen atoms in total. The van der Waals surface area contributed by atoms with E-state index >= 15 is 0 Å². The fraction of sp³-hybridized carbons (Fsp3) is 0.568. The van der Waals surface area contributed by atoms with E-state index in [-0.39, 0.29) is 42.0 Å². The number of allylic oxidation sites excluding steroid dienone is 5. The molecule has 2 heterocycles. The summed E-state index contributed by atoms with van der Waals surface area (Å²) in [6, 6.07) is 32.8. The van der Waals surface area contributed by atoms with Crippen molar-refractivity contribution < 1.29 is 47.7 Å². The molecule has 0 aromatic heterocycles. The maximum atomic E-state index is 12.1. The number of benzene rings is 3. The first-order valence-corrected chi connectivity index (χ1v) is 39.7. The number of rotatable bonds is 45. The Kier molecular flexibility index (Phi) is 72.3. The Morgan fingerprint density at radius 3 is 1.29 bits per heavy atom. The molecule has 19 heteroatoms. The molecule has 2 N–H and O–H groups in total. The number of hydrogen-bond donors (Lipinski definition) is 2. The number of carbonyl (C=O) groups excluding carboxylic acids is 6. The van der Waals surface area contributed by atoms with Crippen molar-refractivity contribution >= 4 is 71.4 Å². The van der Waals surface area contributed by atoms with Gasteiger partial charge in [0.25, 0.3) is 0 Å². The van der Waals surface area contributed by atoms with Crippen molar-refractivity contribution in [2.75, 3.05) is 62.8 Å². The highest BCUT2D eigenvalue weighted by molar-refractivity contribution is 5.95. The Morgan fingerprint density at radius 2 is 0.916 bits per heavy atom. The number of esters is 5. The average molecular weight is 1500 g/mol. The number of ether oxygens (including phenoxy) is 4. The van der Waals surface area contributed by atoms with E-state index in [1.165, 1.54) is 243 Å². The number of hydrogen-bond acceptors (Lipinski definition) is 16. The van der Waals surface area contributed by atoms with Gasteiger partial charge in [0, 0.05) is 63.9 Å². The predicted molar refractivity (Wildman–Crippen MR) is 441 cm³/mol. The van der Waals surface area contributed by atoms with E-state index in [1.54, 1.807) is 30.5 Å². The first kappa shape index (κ1) is 100. The van der Waals surface area contributed by atoms with E-state index in [2.05, 4.69) is 50.9 Å². The Hall–Kier alpha value is -8.63. The molecule has 3 aromatic carbocycles. The zero-order valence-corrected chi connectivity index (χ0v) is 67.0. The number of nitriles is 2. The second-order valence-corrected chi connectivity index (χ2v) is 26.1. The Bertz CT molecular complexity index is 2990. The number of unbranched alkanes of at least 4 members (excludes halogenated alkanes) is 27. The second kappa shape index (κ2) is 77.0. The molecule has 0 radical (unpaired) electrons. The van der Waals surface area contributed by atoms with Crippen LogP contribution in [0.15, 0.2) is 156 Å². The van der Waals surface area contributed by atoms with Gasteiger partial charge in [0.05, 0.1) is 25.5 Å². The van der Waals surface area contributed by atoms with Crippen LogP contribution in [0.5, 0.6) is 0 Å². The summed E-state index contributed by atoms with van der Waals surface area (Å²) in [6.45, 7) is 22.7. The number of amides is 1. The van der Waals surface area contributed by atoms with Gasteiger partial charge in [-0.25, -0.2) is 21.0 Å². The van der Waals surface area contributed by atoms with Gasteiger partial charge >= 0.3 is 36.4 Å². The van der Waals surface area contributed by atoms with Gasteiger partial charge in [-0.2, -0.15) is 10.5 Å². The molecule has 3 aromatic rings. The topological polar surface area (TPSA) is 234 Å². The summed E-state index contributed by atoms with van der Waals surface area (Å²) < 4.78 is 19.3. The lowest BCUT2D eigenvalue weighted by atomic mass is 10.1. The first-order valence-electron chi connectivity index (χ1n) is 39.7. The average Bonchev–Trinajstić information content (AvgIpc) is 0.886. The molecule has 0 aliphatic carbocycles. The molecule has 2 fully saturated rings. The third-order valence-corrected chi connectivity index (χ3v) is 16.6. The molecule has 0 spiro atoms. The van der Waals surface area contributed by atoms with E-state index in [0.29, 0.717) is 25.5 Å². The zero-order chi connectivity index (χ0) is 77.7. The molecular formula is C88H133ClN8O10. The Labute approximate surface area is 651 Å². The van der Waals surface area contributed by atoms with Crippen molar-refractivity contribution in [2.45, 2.75) is 273 Å². The Balaban J connectivity index is 0. The second-order valence-electron chi connectivity index (χ2n) is 26.1. The Morgan fingerprint density at radius 1 is 0.523 bits per heavy atom. The number of para-hydroxylation sites is 3. The summed E-state index contributed by atoms with van der Waals surface area (Å²) in [5.41, 5.74) is 2.73. The monoisotopic (exact) mass is 1500 g/mol. The minimum Gasteiger partial charge on any atom is -0.462 e.